The average Bonchev–Trinajstić information content (AvgIpc) is 2.91. The number of benzene rings is 1. The van der Waals surface area contributed by atoms with E-state index in [1.807, 2.05) is 42.5 Å². The maximum atomic E-state index is 13.2. The van der Waals surface area contributed by atoms with E-state index in [0.29, 0.717) is 43.7 Å². The fourth-order valence-corrected chi connectivity index (χ4v) is 4.47. The molecule has 2 N–H and O–H groups in total. The van der Waals surface area contributed by atoms with Crippen LogP contribution < -0.4 is 10.6 Å². The zero-order valence-electron chi connectivity index (χ0n) is 20.0. The Morgan fingerprint density at radius 1 is 1.00 bits per heavy atom. The predicted molar refractivity (Wildman–Crippen MR) is 134 cm³/mol. The van der Waals surface area contributed by atoms with E-state index in [0.717, 1.165) is 47.8 Å². The molecule has 2 aromatic heterocycles. The van der Waals surface area contributed by atoms with Gasteiger partial charge in [0.2, 0.25) is 0 Å². The summed E-state index contributed by atoms with van der Waals surface area (Å²) >= 11 is 0. The van der Waals surface area contributed by atoms with Crippen molar-refractivity contribution in [2.75, 3.05) is 33.4 Å². The summed E-state index contributed by atoms with van der Waals surface area (Å²) in [5.41, 5.74) is 3.10. The first-order valence-corrected chi connectivity index (χ1v) is 12.1. The fraction of sp³-hybridized carbons (Fsp3) is 0.407. The second kappa shape index (κ2) is 12.3. The number of methoxy groups -OCH3 is 1. The molecular weight excluding hydrogens is 444 g/mol. The van der Waals surface area contributed by atoms with Crippen LogP contribution in [0, 0.1) is 11.8 Å². The highest BCUT2D eigenvalue weighted by Gasteiger charge is 2.23. The monoisotopic (exact) mass is 476 g/mol. The summed E-state index contributed by atoms with van der Waals surface area (Å²) in [6, 6.07) is 13.4. The van der Waals surface area contributed by atoms with Gasteiger partial charge in [-0.15, -0.1) is 0 Å². The van der Waals surface area contributed by atoms with E-state index >= 15 is 0 Å². The molecule has 1 aliphatic carbocycles. The molecular formula is C27H32N4O4. The smallest absolute Gasteiger partial charge is 0.407 e. The zero-order valence-corrected chi connectivity index (χ0v) is 20.0. The van der Waals surface area contributed by atoms with Crippen LogP contribution >= 0.6 is 0 Å². The number of rotatable bonds is 9. The number of pyridine rings is 2. The van der Waals surface area contributed by atoms with E-state index < -0.39 is 6.09 Å². The van der Waals surface area contributed by atoms with Gasteiger partial charge in [-0.1, -0.05) is 18.2 Å². The number of hydrogen-bond acceptors (Lipinski definition) is 6. The standard InChI is InChI=1S/C27H32N4O4/c1-34-15-14-29-27(33)35-18-20-8-6-19(7-9-20)17-30-26(32)23-16-25(21-10-12-28-13-11-21)31-24-5-3-2-4-22(23)24/h2-5,10-13,16,19-20H,6-9,14-15,17-18H2,1H3,(H,29,33)(H,30,32). The van der Waals surface area contributed by atoms with E-state index in [-0.39, 0.29) is 5.91 Å². The van der Waals surface area contributed by atoms with Crippen molar-refractivity contribution in [3.63, 3.8) is 0 Å². The van der Waals surface area contributed by atoms with Crippen LogP contribution in [0.1, 0.15) is 36.0 Å². The van der Waals surface area contributed by atoms with Gasteiger partial charge in [0.15, 0.2) is 0 Å². The molecule has 1 aromatic carbocycles. The molecule has 0 radical (unpaired) electrons. The van der Waals surface area contributed by atoms with Crippen molar-refractivity contribution in [3.05, 3.63) is 60.4 Å². The molecule has 0 spiro atoms. The Morgan fingerprint density at radius 2 is 1.74 bits per heavy atom. The van der Waals surface area contributed by atoms with Crippen molar-refractivity contribution >= 4 is 22.9 Å². The van der Waals surface area contributed by atoms with Crippen molar-refractivity contribution < 1.29 is 19.1 Å². The summed E-state index contributed by atoms with van der Waals surface area (Å²) in [5.74, 6) is 0.692. The molecule has 2 heterocycles. The number of para-hydroxylation sites is 1. The van der Waals surface area contributed by atoms with E-state index in [2.05, 4.69) is 15.6 Å². The highest BCUT2D eigenvalue weighted by atomic mass is 16.5. The molecule has 1 fully saturated rings. The lowest BCUT2D eigenvalue weighted by atomic mass is 9.82. The van der Waals surface area contributed by atoms with Crippen LogP contribution in [-0.2, 0) is 9.47 Å². The molecule has 1 aliphatic rings. The third kappa shape index (κ3) is 6.76. The molecule has 3 aromatic rings. The van der Waals surface area contributed by atoms with Gasteiger partial charge in [0.05, 0.1) is 30.0 Å². The third-order valence-corrected chi connectivity index (χ3v) is 6.48. The van der Waals surface area contributed by atoms with Crippen LogP contribution in [0.15, 0.2) is 54.9 Å². The first-order chi connectivity index (χ1) is 17.1. The Kier molecular flexibility index (Phi) is 8.62. The molecule has 35 heavy (non-hydrogen) atoms. The maximum absolute atomic E-state index is 13.2. The molecule has 0 saturated heterocycles. The lowest BCUT2D eigenvalue weighted by molar-refractivity contribution is 0.0921. The van der Waals surface area contributed by atoms with E-state index in [9.17, 15) is 9.59 Å². The topological polar surface area (TPSA) is 102 Å². The van der Waals surface area contributed by atoms with Crippen LogP contribution in [0.4, 0.5) is 4.79 Å². The number of amides is 2. The molecule has 184 valence electrons. The van der Waals surface area contributed by atoms with E-state index in [1.165, 1.54) is 0 Å². The first-order valence-electron chi connectivity index (χ1n) is 12.1. The summed E-state index contributed by atoms with van der Waals surface area (Å²) in [7, 11) is 1.59. The molecule has 2 amide bonds. The van der Waals surface area contributed by atoms with Crippen molar-refractivity contribution in [1.82, 2.24) is 20.6 Å². The van der Waals surface area contributed by atoms with Crippen molar-refractivity contribution in [3.8, 4) is 11.3 Å². The maximum Gasteiger partial charge on any atom is 0.407 e. The fourth-order valence-electron chi connectivity index (χ4n) is 4.47. The van der Waals surface area contributed by atoms with Gasteiger partial charge >= 0.3 is 6.09 Å². The number of nitrogens with zero attached hydrogens (tertiary/aromatic N) is 2. The number of nitrogens with one attached hydrogen (secondary N) is 2. The molecule has 0 unspecified atom stereocenters. The van der Waals surface area contributed by atoms with Gasteiger partial charge in [-0.3, -0.25) is 9.78 Å². The van der Waals surface area contributed by atoms with E-state index in [1.54, 1.807) is 19.5 Å². The summed E-state index contributed by atoms with van der Waals surface area (Å²) in [4.78, 5) is 33.7. The van der Waals surface area contributed by atoms with Gasteiger partial charge in [0.1, 0.15) is 0 Å². The number of hydrogen-bond donors (Lipinski definition) is 2. The number of carbonyl (C=O) groups is 2. The highest BCUT2D eigenvalue weighted by molar-refractivity contribution is 6.07. The van der Waals surface area contributed by atoms with Crippen LogP contribution in [0.25, 0.3) is 22.2 Å². The lowest BCUT2D eigenvalue weighted by Gasteiger charge is -2.28. The molecule has 1 saturated carbocycles. The minimum atomic E-state index is -0.396. The van der Waals surface area contributed by atoms with Crippen molar-refractivity contribution in [2.45, 2.75) is 25.7 Å². The van der Waals surface area contributed by atoms with Crippen LogP contribution in [0.3, 0.4) is 0 Å². The first kappa shape index (κ1) is 24.6. The Labute approximate surface area is 205 Å². The van der Waals surface area contributed by atoms with Crippen LogP contribution in [0.2, 0.25) is 0 Å². The van der Waals surface area contributed by atoms with Gasteiger partial charge in [-0.25, -0.2) is 9.78 Å². The summed E-state index contributed by atoms with van der Waals surface area (Å²) in [6.45, 7) is 1.97. The summed E-state index contributed by atoms with van der Waals surface area (Å²) < 4.78 is 10.2. The number of alkyl carbamates (subject to hydrolysis) is 1. The SMILES string of the molecule is COCCNC(=O)OCC1CCC(CNC(=O)c2cc(-c3ccncc3)nc3ccccc23)CC1. The van der Waals surface area contributed by atoms with Crippen LogP contribution in [-0.4, -0.2) is 55.4 Å². The molecule has 4 rings (SSSR count). The highest BCUT2D eigenvalue weighted by Crippen LogP contribution is 2.29. The Bertz CT molecular complexity index is 1130. The van der Waals surface area contributed by atoms with Gasteiger partial charge in [0.25, 0.3) is 5.91 Å². The van der Waals surface area contributed by atoms with E-state index in [4.69, 9.17) is 14.5 Å². The van der Waals surface area contributed by atoms with Crippen molar-refractivity contribution in [2.24, 2.45) is 11.8 Å². The van der Waals surface area contributed by atoms with Crippen LogP contribution in [0.5, 0.6) is 0 Å². The Morgan fingerprint density at radius 3 is 2.51 bits per heavy atom. The van der Waals surface area contributed by atoms with Gasteiger partial charge in [-0.05, 0) is 61.8 Å². The van der Waals surface area contributed by atoms with Gasteiger partial charge in [-0.2, -0.15) is 0 Å². The minimum absolute atomic E-state index is 0.0860. The predicted octanol–water partition coefficient (Wildman–Crippen LogP) is 4.21. The van der Waals surface area contributed by atoms with Crippen molar-refractivity contribution in [1.29, 1.82) is 0 Å². The third-order valence-electron chi connectivity index (χ3n) is 6.48. The molecule has 8 nitrogen and oxygen atoms in total. The number of ether oxygens (including phenoxy) is 2. The van der Waals surface area contributed by atoms with Gasteiger partial charge < -0.3 is 20.1 Å². The second-order valence-corrected chi connectivity index (χ2v) is 8.92. The normalized spacial score (nSPS) is 17.6. The molecule has 8 heteroatoms. The van der Waals surface area contributed by atoms with Gasteiger partial charge in [0, 0.05) is 43.5 Å². The minimum Gasteiger partial charge on any atom is -0.449 e. The molecule has 0 aliphatic heterocycles. The number of fused-ring (bicyclic) bond motifs is 1. The molecule has 0 atom stereocenters. The largest absolute Gasteiger partial charge is 0.449 e. The summed E-state index contributed by atoms with van der Waals surface area (Å²) in [5, 5.41) is 6.65. The summed E-state index contributed by atoms with van der Waals surface area (Å²) in [6.07, 6.45) is 7.01. The lowest BCUT2D eigenvalue weighted by Crippen LogP contribution is -2.33. The quantitative estimate of drug-likeness (QED) is 0.449. The Balaban J connectivity index is 1.31. The average molecular weight is 477 g/mol. The zero-order chi connectivity index (χ0) is 24.5. The number of aromatic nitrogens is 2. The Hall–Kier alpha value is -3.52. The number of carbonyl (C=O) groups excluding carboxylic acids is 2. The second-order valence-electron chi connectivity index (χ2n) is 8.92. The molecule has 0 bridgehead atoms.